The van der Waals surface area contributed by atoms with Gasteiger partial charge in [-0.15, -0.1) is 0 Å². The Morgan fingerprint density at radius 2 is 1.75 bits per heavy atom. The van der Waals surface area contributed by atoms with E-state index < -0.39 is 0 Å². The van der Waals surface area contributed by atoms with Crippen LogP contribution in [-0.2, 0) is 4.79 Å². The summed E-state index contributed by atoms with van der Waals surface area (Å²) in [5.41, 5.74) is 2.02. The summed E-state index contributed by atoms with van der Waals surface area (Å²) in [6.07, 6.45) is 0.246. The third kappa shape index (κ3) is 5.10. The Kier molecular flexibility index (Phi) is 6.82. The molecular weight excluding hydrogens is 302 g/mol. The number of aliphatic hydroxyl groups is 1. The highest BCUT2D eigenvalue weighted by atomic mass is 16.5. The van der Waals surface area contributed by atoms with Gasteiger partial charge >= 0.3 is 0 Å². The number of aliphatic hydroxyl groups excluding tert-OH is 1. The van der Waals surface area contributed by atoms with Crippen LogP contribution >= 0.6 is 0 Å². The number of amides is 1. The van der Waals surface area contributed by atoms with Gasteiger partial charge in [0, 0.05) is 0 Å². The van der Waals surface area contributed by atoms with Gasteiger partial charge < -0.3 is 15.2 Å². The highest BCUT2D eigenvalue weighted by Gasteiger charge is 2.13. The second kappa shape index (κ2) is 9.08. The lowest BCUT2D eigenvalue weighted by Crippen LogP contribution is -2.31. The van der Waals surface area contributed by atoms with Gasteiger partial charge in [0.25, 0.3) is 0 Å². The molecule has 0 fully saturated rings. The topological polar surface area (TPSA) is 58.6 Å². The minimum Gasteiger partial charge on any atom is -0.493 e. The van der Waals surface area contributed by atoms with E-state index in [2.05, 4.69) is 19.2 Å². The van der Waals surface area contributed by atoms with E-state index in [1.54, 1.807) is 0 Å². The first-order valence-corrected chi connectivity index (χ1v) is 8.28. The van der Waals surface area contributed by atoms with E-state index in [0.29, 0.717) is 12.5 Å². The van der Waals surface area contributed by atoms with Crippen LogP contribution in [0.4, 0.5) is 0 Å². The van der Waals surface area contributed by atoms with Crippen molar-refractivity contribution < 1.29 is 14.6 Å². The summed E-state index contributed by atoms with van der Waals surface area (Å²) in [6, 6.07) is 16.9. The Balaban J connectivity index is 1.85. The average molecular weight is 327 g/mol. The van der Waals surface area contributed by atoms with Crippen molar-refractivity contribution in [3.8, 4) is 5.75 Å². The number of hydrogen-bond acceptors (Lipinski definition) is 3. The Hall–Kier alpha value is -2.33. The van der Waals surface area contributed by atoms with Crippen LogP contribution in [0.15, 0.2) is 54.6 Å². The molecule has 24 heavy (non-hydrogen) atoms. The van der Waals surface area contributed by atoms with Crippen LogP contribution in [0.2, 0.25) is 0 Å². The zero-order valence-electron chi connectivity index (χ0n) is 14.2. The van der Waals surface area contributed by atoms with Gasteiger partial charge in [-0.3, -0.25) is 4.79 Å². The van der Waals surface area contributed by atoms with E-state index in [-0.39, 0.29) is 25.0 Å². The van der Waals surface area contributed by atoms with Crippen LogP contribution in [0.5, 0.6) is 5.75 Å². The maximum atomic E-state index is 12.1. The fourth-order valence-corrected chi connectivity index (χ4v) is 2.53. The number of para-hydroxylation sites is 1. The minimum absolute atomic E-state index is 0.132. The summed E-state index contributed by atoms with van der Waals surface area (Å²) in [4.78, 5) is 12.1. The summed E-state index contributed by atoms with van der Waals surface area (Å²) in [7, 11) is 0. The molecule has 1 amide bonds. The smallest absolute Gasteiger partial charge is 0.223 e. The SMILES string of the molecule is CC(C)c1ccccc1OCCC(=O)NC(CO)c1ccccc1. The zero-order valence-corrected chi connectivity index (χ0v) is 14.2. The molecule has 0 spiro atoms. The molecule has 1 atom stereocenters. The predicted octanol–water partition coefficient (Wildman–Crippen LogP) is 3.43. The largest absolute Gasteiger partial charge is 0.493 e. The number of ether oxygens (including phenoxy) is 1. The molecule has 4 nitrogen and oxygen atoms in total. The Morgan fingerprint density at radius 1 is 1.08 bits per heavy atom. The molecule has 0 radical (unpaired) electrons. The van der Waals surface area contributed by atoms with Crippen LogP contribution in [0.3, 0.4) is 0 Å². The normalized spacial score (nSPS) is 12.0. The van der Waals surface area contributed by atoms with Crippen LogP contribution < -0.4 is 10.1 Å². The van der Waals surface area contributed by atoms with Crippen molar-refractivity contribution in [1.29, 1.82) is 0 Å². The van der Waals surface area contributed by atoms with Crippen molar-refractivity contribution in [1.82, 2.24) is 5.32 Å². The van der Waals surface area contributed by atoms with E-state index in [4.69, 9.17) is 4.74 Å². The van der Waals surface area contributed by atoms with Crippen LogP contribution in [0, 0.1) is 0 Å². The molecule has 0 aliphatic rings. The fourth-order valence-electron chi connectivity index (χ4n) is 2.53. The lowest BCUT2D eigenvalue weighted by atomic mass is 10.0. The van der Waals surface area contributed by atoms with Crippen LogP contribution in [-0.4, -0.2) is 24.2 Å². The molecule has 128 valence electrons. The van der Waals surface area contributed by atoms with Gasteiger partial charge in [-0.25, -0.2) is 0 Å². The molecule has 0 saturated heterocycles. The Morgan fingerprint density at radius 3 is 2.42 bits per heavy atom. The molecule has 2 N–H and O–H groups in total. The fraction of sp³-hybridized carbons (Fsp3) is 0.350. The molecule has 2 aromatic carbocycles. The minimum atomic E-state index is -0.387. The van der Waals surface area contributed by atoms with Gasteiger partial charge in [-0.05, 0) is 23.1 Å². The van der Waals surface area contributed by atoms with Gasteiger partial charge in [0.2, 0.25) is 5.91 Å². The molecular formula is C20H25NO3. The first kappa shape index (κ1) is 18.0. The van der Waals surface area contributed by atoms with E-state index in [0.717, 1.165) is 16.9 Å². The van der Waals surface area contributed by atoms with Crippen LogP contribution in [0.1, 0.15) is 43.4 Å². The van der Waals surface area contributed by atoms with Crippen molar-refractivity contribution in [3.05, 3.63) is 65.7 Å². The van der Waals surface area contributed by atoms with E-state index >= 15 is 0 Å². The standard InChI is InChI=1S/C20H25NO3/c1-15(2)17-10-6-7-11-19(17)24-13-12-20(23)21-18(14-22)16-8-4-3-5-9-16/h3-11,15,18,22H,12-14H2,1-2H3,(H,21,23). The van der Waals surface area contributed by atoms with Crippen molar-refractivity contribution in [3.63, 3.8) is 0 Å². The summed E-state index contributed by atoms with van der Waals surface area (Å²) < 4.78 is 5.77. The molecule has 0 saturated carbocycles. The number of hydrogen-bond donors (Lipinski definition) is 2. The van der Waals surface area contributed by atoms with Gasteiger partial charge in [0.1, 0.15) is 5.75 Å². The van der Waals surface area contributed by atoms with Gasteiger partial charge in [0.15, 0.2) is 0 Å². The van der Waals surface area contributed by atoms with Crippen molar-refractivity contribution >= 4 is 5.91 Å². The maximum Gasteiger partial charge on any atom is 0.223 e. The monoisotopic (exact) mass is 327 g/mol. The molecule has 0 heterocycles. The molecule has 1 unspecified atom stereocenters. The van der Waals surface area contributed by atoms with Crippen LogP contribution in [0.25, 0.3) is 0 Å². The number of carbonyl (C=O) groups is 1. The molecule has 4 heteroatoms. The molecule has 0 bridgehead atoms. The lowest BCUT2D eigenvalue weighted by molar-refractivity contribution is -0.122. The second-order valence-corrected chi connectivity index (χ2v) is 6.00. The summed E-state index contributed by atoms with van der Waals surface area (Å²) in [6.45, 7) is 4.40. The van der Waals surface area contributed by atoms with Crippen molar-refractivity contribution in [2.24, 2.45) is 0 Å². The molecule has 2 rings (SSSR count). The van der Waals surface area contributed by atoms with Gasteiger partial charge in [0.05, 0.1) is 25.7 Å². The maximum absolute atomic E-state index is 12.1. The predicted molar refractivity (Wildman–Crippen MR) is 95.1 cm³/mol. The van der Waals surface area contributed by atoms with E-state index in [9.17, 15) is 9.90 Å². The zero-order chi connectivity index (χ0) is 17.4. The molecule has 0 aliphatic carbocycles. The average Bonchev–Trinajstić information content (AvgIpc) is 2.60. The van der Waals surface area contributed by atoms with Crippen molar-refractivity contribution in [2.45, 2.75) is 32.2 Å². The highest BCUT2D eigenvalue weighted by molar-refractivity contribution is 5.76. The first-order valence-electron chi connectivity index (χ1n) is 8.28. The number of nitrogens with one attached hydrogen (secondary N) is 1. The third-order valence-corrected chi connectivity index (χ3v) is 3.85. The molecule has 0 aromatic heterocycles. The lowest BCUT2D eigenvalue weighted by Gasteiger charge is -2.17. The molecule has 0 aliphatic heterocycles. The first-order chi connectivity index (χ1) is 11.6. The van der Waals surface area contributed by atoms with Gasteiger partial charge in [-0.2, -0.15) is 0 Å². The number of rotatable bonds is 8. The Bertz CT molecular complexity index is 640. The van der Waals surface area contributed by atoms with E-state index in [1.165, 1.54) is 0 Å². The van der Waals surface area contributed by atoms with Crippen molar-refractivity contribution in [2.75, 3.05) is 13.2 Å². The number of carbonyl (C=O) groups excluding carboxylic acids is 1. The Labute approximate surface area is 143 Å². The summed E-state index contributed by atoms with van der Waals surface area (Å²) in [5, 5.41) is 12.3. The second-order valence-electron chi connectivity index (χ2n) is 6.00. The highest BCUT2D eigenvalue weighted by Crippen LogP contribution is 2.25. The summed E-state index contributed by atoms with van der Waals surface area (Å²) in [5.74, 6) is 1.05. The summed E-state index contributed by atoms with van der Waals surface area (Å²) >= 11 is 0. The molecule has 2 aromatic rings. The van der Waals surface area contributed by atoms with E-state index in [1.807, 2.05) is 54.6 Å². The third-order valence-electron chi connectivity index (χ3n) is 3.85. The van der Waals surface area contributed by atoms with Gasteiger partial charge in [-0.1, -0.05) is 62.4 Å². The quantitative estimate of drug-likeness (QED) is 0.781. The number of benzene rings is 2.